The largest absolute Gasteiger partial charge is 0.395 e. The highest BCUT2D eigenvalue weighted by molar-refractivity contribution is 4.51. The first-order chi connectivity index (χ1) is 6.83. The summed E-state index contributed by atoms with van der Waals surface area (Å²) in [6, 6.07) is 0. The van der Waals surface area contributed by atoms with Gasteiger partial charge in [-0.25, -0.2) is 15.0 Å². The van der Waals surface area contributed by atoms with Gasteiger partial charge in [-0.3, -0.25) is 0 Å². The zero-order chi connectivity index (χ0) is 11.1. The molecular weight excluding hydrogens is 186 g/mol. The Hall–Kier alpha value is -1.15. The lowest BCUT2D eigenvalue weighted by Crippen LogP contribution is -2.02. The van der Waals surface area contributed by atoms with Gasteiger partial charge in [0.15, 0.2) is 0 Å². The summed E-state index contributed by atoms with van der Waals surface area (Å²) in [5.74, 6) is 0. The second kappa shape index (κ2) is 17.8. The molecule has 6 N–H and O–H groups in total. The van der Waals surface area contributed by atoms with Crippen molar-refractivity contribution >= 4 is 0 Å². The fourth-order valence-electron chi connectivity index (χ4n) is 0.205. The summed E-state index contributed by atoms with van der Waals surface area (Å²) in [5, 5.41) is 15.5. The van der Waals surface area contributed by atoms with Gasteiger partial charge in [0.05, 0.1) is 13.2 Å². The molecule has 1 heterocycles. The normalized spacial score (nSPS) is 7.71. The van der Waals surface area contributed by atoms with E-state index in [0.717, 1.165) is 0 Å². The number of hydrogen-bond acceptors (Lipinski definition) is 7. The Bertz CT molecular complexity index is 129. The van der Waals surface area contributed by atoms with Crippen LogP contribution in [-0.2, 0) is 0 Å². The number of nitrogens with two attached hydrogens (primary N) is 2. The molecule has 1 aromatic heterocycles. The van der Waals surface area contributed by atoms with E-state index in [1.165, 1.54) is 19.0 Å². The van der Waals surface area contributed by atoms with E-state index in [-0.39, 0.29) is 13.2 Å². The fraction of sp³-hybridized carbons (Fsp3) is 0.571. The van der Waals surface area contributed by atoms with Crippen LogP contribution >= 0.6 is 0 Å². The number of aromatic nitrogens is 3. The molecule has 0 bridgehead atoms. The number of aliphatic hydroxyl groups is 2. The maximum Gasteiger partial charge on any atom is 0.119 e. The molecule has 0 radical (unpaired) electrons. The first-order valence-corrected chi connectivity index (χ1v) is 4.00. The lowest BCUT2D eigenvalue weighted by atomic mass is 10.8. The van der Waals surface area contributed by atoms with Crippen LogP contribution in [0.1, 0.15) is 0 Å². The molecule has 7 heteroatoms. The third-order valence-corrected chi connectivity index (χ3v) is 0.658. The molecule has 0 aliphatic rings. The van der Waals surface area contributed by atoms with Crippen molar-refractivity contribution in [3.8, 4) is 0 Å². The van der Waals surface area contributed by atoms with Crippen molar-refractivity contribution < 1.29 is 10.2 Å². The highest BCUT2D eigenvalue weighted by atomic mass is 16.3. The van der Waals surface area contributed by atoms with Crippen molar-refractivity contribution in [2.24, 2.45) is 11.5 Å². The molecule has 0 amide bonds. The van der Waals surface area contributed by atoms with Crippen LogP contribution in [0.15, 0.2) is 19.0 Å². The van der Waals surface area contributed by atoms with Gasteiger partial charge < -0.3 is 21.7 Å². The van der Waals surface area contributed by atoms with Gasteiger partial charge in [0.1, 0.15) is 19.0 Å². The first kappa shape index (κ1) is 15.3. The van der Waals surface area contributed by atoms with E-state index in [4.69, 9.17) is 21.7 Å². The minimum atomic E-state index is 0.0972. The summed E-state index contributed by atoms with van der Waals surface area (Å²) in [7, 11) is 0. The summed E-state index contributed by atoms with van der Waals surface area (Å²) in [5.41, 5.74) is 9.56. The molecule has 7 nitrogen and oxygen atoms in total. The van der Waals surface area contributed by atoms with Crippen LogP contribution in [0.2, 0.25) is 0 Å². The molecular formula is C7H17N5O2. The van der Waals surface area contributed by atoms with Crippen LogP contribution < -0.4 is 11.5 Å². The lowest BCUT2D eigenvalue weighted by molar-refractivity contribution is 0.306. The van der Waals surface area contributed by atoms with E-state index in [9.17, 15) is 0 Å². The monoisotopic (exact) mass is 203 g/mol. The van der Waals surface area contributed by atoms with Crippen LogP contribution in [0, 0.1) is 0 Å². The molecule has 0 atom stereocenters. The maximum absolute atomic E-state index is 7.75. The topological polar surface area (TPSA) is 131 Å². The van der Waals surface area contributed by atoms with E-state index in [1.807, 2.05) is 0 Å². The van der Waals surface area contributed by atoms with Gasteiger partial charge in [-0.1, -0.05) is 0 Å². The molecule has 0 aromatic carbocycles. The predicted molar refractivity (Wildman–Crippen MR) is 52.1 cm³/mol. The van der Waals surface area contributed by atoms with Crippen molar-refractivity contribution in [2.75, 3.05) is 26.3 Å². The molecule has 14 heavy (non-hydrogen) atoms. The minimum absolute atomic E-state index is 0.0972. The van der Waals surface area contributed by atoms with Crippen molar-refractivity contribution in [1.29, 1.82) is 0 Å². The molecule has 1 aromatic rings. The van der Waals surface area contributed by atoms with E-state index < -0.39 is 0 Å². The standard InChI is InChI=1S/C3H3N3.2C2H7NO/c1-4-2-6-3-5-1;2*3-1-2-4/h1-3H;2*4H,1-3H2. The van der Waals surface area contributed by atoms with E-state index in [1.54, 1.807) is 0 Å². The van der Waals surface area contributed by atoms with Gasteiger partial charge >= 0.3 is 0 Å². The fourth-order valence-corrected chi connectivity index (χ4v) is 0.205. The van der Waals surface area contributed by atoms with E-state index >= 15 is 0 Å². The van der Waals surface area contributed by atoms with Crippen LogP contribution in [0.25, 0.3) is 0 Å². The Morgan fingerprint density at radius 2 is 1.00 bits per heavy atom. The van der Waals surface area contributed by atoms with Gasteiger partial charge in [-0.2, -0.15) is 0 Å². The number of hydrogen-bond donors (Lipinski definition) is 4. The Kier molecular flexibility index (Phi) is 19.5. The van der Waals surface area contributed by atoms with Gasteiger partial charge in [0, 0.05) is 13.1 Å². The summed E-state index contributed by atoms with van der Waals surface area (Å²) >= 11 is 0. The zero-order valence-electron chi connectivity index (χ0n) is 7.95. The van der Waals surface area contributed by atoms with Crippen LogP contribution in [-0.4, -0.2) is 51.5 Å². The molecule has 0 fully saturated rings. The molecule has 0 aliphatic heterocycles. The average molecular weight is 203 g/mol. The quantitative estimate of drug-likeness (QED) is 0.427. The Morgan fingerprint density at radius 1 is 0.786 bits per heavy atom. The van der Waals surface area contributed by atoms with Crippen molar-refractivity contribution in [2.45, 2.75) is 0 Å². The third-order valence-electron chi connectivity index (χ3n) is 0.658. The number of aliphatic hydroxyl groups excluding tert-OH is 2. The third kappa shape index (κ3) is 22.4. The summed E-state index contributed by atoms with van der Waals surface area (Å²) in [4.78, 5) is 10.7. The number of rotatable bonds is 2. The van der Waals surface area contributed by atoms with Crippen molar-refractivity contribution in [1.82, 2.24) is 15.0 Å². The molecule has 0 spiro atoms. The van der Waals surface area contributed by atoms with Gasteiger partial charge in [-0.15, -0.1) is 0 Å². The van der Waals surface area contributed by atoms with Crippen molar-refractivity contribution in [3.05, 3.63) is 19.0 Å². The predicted octanol–water partition coefficient (Wildman–Crippen LogP) is -2.25. The number of nitrogens with zero attached hydrogens (tertiary/aromatic N) is 3. The minimum Gasteiger partial charge on any atom is -0.395 e. The Morgan fingerprint density at radius 3 is 1.07 bits per heavy atom. The molecule has 0 aliphatic carbocycles. The molecule has 0 saturated heterocycles. The Labute approximate surface area is 82.8 Å². The highest BCUT2D eigenvalue weighted by Crippen LogP contribution is 1.57. The van der Waals surface area contributed by atoms with E-state index in [2.05, 4.69) is 15.0 Å². The SMILES string of the molecule is NCCO.NCCO.c1ncncn1. The molecule has 1 rings (SSSR count). The maximum atomic E-state index is 7.75. The van der Waals surface area contributed by atoms with Gasteiger partial charge in [0.2, 0.25) is 0 Å². The Balaban J connectivity index is 0. The summed E-state index contributed by atoms with van der Waals surface area (Å²) < 4.78 is 0. The van der Waals surface area contributed by atoms with E-state index in [0.29, 0.717) is 13.1 Å². The summed E-state index contributed by atoms with van der Waals surface area (Å²) in [6.45, 7) is 0.944. The second-order valence-electron chi connectivity index (χ2n) is 1.82. The lowest BCUT2D eigenvalue weighted by Gasteiger charge is -1.71. The molecule has 82 valence electrons. The van der Waals surface area contributed by atoms with Crippen molar-refractivity contribution in [3.63, 3.8) is 0 Å². The molecule has 0 saturated carbocycles. The van der Waals surface area contributed by atoms with Gasteiger partial charge in [0.25, 0.3) is 0 Å². The van der Waals surface area contributed by atoms with Crippen LogP contribution in [0.3, 0.4) is 0 Å². The average Bonchev–Trinajstić information content (AvgIpc) is 2.32. The van der Waals surface area contributed by atoms with Crippen LogP contribution in [0.4, 0.5) is 0 Å². The smallest absolute Gasteiger partial charge is 0.119 e. The second-order valence-corrected chi connectivity index (χ2v) is 1.82. The van der Waals surface area contributed by atoms with Gasteiger partial charge in [-0.05, 0) is 0 Å². The molecule has 0 unspecified atom stereocenters. The zero-order valence-corrected chi connectivity index (χ0v) is 7.95. The summed E-state index contributed by atoms with van der Waals surface area (Å²) in [6.07, 6.45) is 4.31. The van der Waals surface area contributed by atoms with Crippen LogP contribution in [0.5, 0.6) is 0 Å². The highest BCUT2D eigenvalue weighted by Gasteiger charge is 1.59. The first-order valence-electron chi connectivity index (χ1n) is 4.00.